The van der Waals surface area contributed by atoms with E-state index >= 15 is 0 Å². The van der Waals surface area contributed by atoms with E-state index < -0.39 is 0 Å². The maximum absolute atomic E-state index is 5.42. The number of nitrogens with two attached hydrogens (primary N) is 1. The summed E-state index contributed by atoms with van der Waals surface area (Å²) in [6.45, 7) is 6.48. The van der Waals surface area contributed by atoms with Crippen LogP contribution in [0.3, 0.4) is 0 Å². The van der Waals surface area contributed by atoms with Gasteiger partial charge in [-0.15, -0.1) is 5.10 Å². The molecule has 0 aliphatic rings. The Morgan fingerprint density at radius 2 is 2.29 bits per heavy atom. The summed E-state index contributed by atoms with van der Waals surface area (Å²) in [5.74, 6) is 0. The first-order valence-electron chi connectivity index (χ1n) is 4.92. The second-order valence-electron chi connectivity index (χ2n) is 3.77. The molecule has 1 rings (SSSR count). The Hall–Kier alpha value is -0.940. The highest BCUT2D eigenvalue weighted by Crippen LogP contribution is 2.01. The molecule has 0 fully saturated rings. The van der Waals surface area contributed by atoms with Crippen molar-refractivity contribution in [3.8, 4) is 0 Å². The smallest absolute Gasteiger partial charge is 0.0967 e. The molecule has 0 saturated heterocycles. The predicted octanol–water partition coefficient (Wildman–Crippen LogP) is 0.0770. The molecule has 14 heavy (non-hydrogen) atoms. The van der Waals surface area contributed by atoms with E-state index in [1.54, 1.807) is 4.68 Å². The van der Waals surface area contributed by atoms with Crippen molar-refractivity contribution in [2.45, 2.75) is 33.0 Å². The largest absolute Gasteiger partial charge is 0.329 e. The summed E-state index contributed by atoms with van der Waals surface area (Å²) in [4.78, 5) is 2.22. The molecule has 5 nitrogen and oxygen atoms in total. The quantitative estimate of drug-likeness (QED) is 0.726. The van der Waals surface area contributed by atoms with Gasteiger partial charge in [-0.25, -0.2) is 0 Å². The van der Waals surface area contributed by atoms with Gasteiger partial charge in [-0.2, -0.15) is 0 Å². The summed E-state index contributed by atoms with van der Waals surface area (Å²) in [7, 11) is 2.08. The van der Waals surface area contributed by atoms with E-state index in [0.29, 0.717) is 12.6 Å². The normalized spacial score (nSPS) is 11.6. The third kappa shape index (κ3) is 3.08. The van der Waals surface area contributed by atoms with Gasteiger partial charge in [0, 0.05) is 25.3 Å². The summed E-state index contributed by atoms with van der Waals surface area (Å²) in [6, 6.07) is 0.523. The number of hydrogen-bond acceptors (Lipinski definition) is 4. The standard InChI is InChI=1S/C9H19N5/c1-8(2)13(3)6-9-7-14(5-4-10)12-11-9/h7-8H,4-6,10H2,1-3H3. The van der Waals surface area contributed by atoms with Gasteiger partial charge in [0.1, 0.15) is 0 Å². The van der Waals surface area contributed by atoms with Crippen LogP contribution in [-0.4, -0.2) is 39.5 Å². The van der Waals surface area contributed by atoms with Crippen LogP contribution in [0, 0.1) is 0 Å². The highest BCUT2D eigenvalue weighted by Gasteiger charge is 2.06. The minimum absolute atomic E-state index is 0.523. The molecule has 0 atom stereocenters. The van der Waals surface area contributed by atoms with Gasteiger partial charge in [0.15, 0.2) is 0 Å². The van der Waals surface area contributed by atoms with Gasteiger partial charge in [-0.05, 0) is 20.9 Å². The zero-order chi connectivity index (χ0) is 10.6. The molecule has 1 heterocycles. The molecule has 5 heteroatoms. The molecule has 1 aromatic heterocycles. The van der Waals surface area contributed by atoms with Crippen LogP contribution >= 0.6 is 0 Å². The van der Waals surface area contributed by atoms with Gasteiger partial charge in [-0.3, -0.25) is 9.58 Å². The number of hydrogen-bond donors (Lipinski definition) is 1. The molecule has 0 saturated carbocycles. The third-order valence-corrected chi connectivity index (χ3v) is 2.24. The van der Waals surface area contributed by atoms with E-state index in [9.17, 15) is 0 Å². The van der Waals surface area contributed by atoms with Crippen LogP contribution in [0.5, 0.6) is 0 Å². The van der Waals surface area contributed by atoms with Crippen molar-refractivity contribution in [3.05, 3.63) is 11.9 Å². The lowest BCUT2D eigenvalue weighted by molar-refractivity contribution is 0.262. The van der Waals surface area contributed by atoms with Crippen molar-refractivity contribution < 1.29 is 0 Å². The minimum Gasteiger partial charge on any atom is -0.329 e. The van der Waals surface area contributed by atoms with E-state index in [0.717, 1.165) is 18.8 Å². The van der Waals surface area contributed by atoms with Gasteiger partial charge >= 0.3 is 0 Å². The van der Waals surface area contributed by atoms with E-state index in [1.165, 1.54) is 0 Å². The SMILES string of the molecule is CC(C)N(C)Cc1cn(CCN)nn1. The number of nitrogens with zero attached hydrogens (tertiary/aromatic N) is 4. The molecule has 0 unspecified atom stereocenters. The third-order valence-electron chi connectivity index (χ3n) is 2.24. The molecule has 0 aromatic carbocycles. The van der Waals surface area contributed by atoms with Crippen LogP contribution in [0.2, 0.25) is 0 Å². The highest BCUT2D eigenvalue weighted by molar-refractivity contribution is 4.92. The van der Waals surface area contributed by atoms with Gasteiger partial charge in [0.2, 0.25) is 0 Å². The lowest BCUT2D eigenvalue weighted by Gasteiger charge is -2.18. The molecule has 0 spiro atoms. The maximum Gasteiger partial charge on any atom is 0.0967 e. The van der Waals surface area contributed by atoms with Crippen LogP contribution in [0.15, 0.2) is 6.20 Å². The van der Waals surface area contributed by atoms with Gasteiger partial charge in [0.25, 0.3) is 0 Å². The molecule has 0 amide bonds. The fraction of sp³-hybridized carbons (Fsp3) is 0.778. The Kier molecular flexibility index (Phi) is 4.03. The molecule has 0 aliphatic heterocycles. The Labute approximate surface area is 84.9 Å². The van der Waals surface area contributed by atoms with Gasteiger partial charge in [-0.1, -0.05) is 5.21 Å². The summed E-state index contributed by atoms with van der Waals surface area (Å²) in [5, 5.41) is 8.05. The fourth-order valence-corrected chi connectivity index (χ4v) is 1.09. The lowest BCUT2D eigenvalue weighted by Crippen LogP contribution is -2.25. The van der Waals surface area contributed by atoms with Crippen molar-refractivity contribution in [3.63, 3.8) is 0 Å². The Morgan fingerprint density at radius 3 is 2.86 bits per heavy atom. The predicted molar refractivity (Wildman–Crippen MR) is 55.7 cm³/mol. The second kappa shape index (κ2) is 5.07. The van der Waals surface area contributed by atoms with Crippen LogP contribution in [0.1, 0.15) is 19.5 Å². The van der Waals surface area contributed by atoms with Gasteiger partial charge in [0.05, 0.1) is 12.2 Å². The van der Waals surface area contributed by atoms with Crippen LogP contribution < -0.4 is 5.73 Å². The Morgan fingerprint density at radius 1 is 1.57 bits per heavy atom. The summed E-state index contributed by atoms with van der Waals surface area (Å²) in [6.07, 6.45) is 1.95. The Bertz CT molecular complexity index is 268. The van der Waals surface area contributed by atoms with E-state index in [-0.39, 0.29) is 0 Å². The van der Waals surface area contributed by atoms with Crippen molar-refractivity contribution in [1.29, 1.82) is 0 Å². The molecular formula is C9H19N5. The topological polar surface area (TPSA) is 60.0 Å². The molecule has 80 valence electrons. The number of aromatic nitrogens is 3. The first kappa shape index (κ1) is 11.1. The lowest BCUT2D eigenvalue weighted by atomic mass is 10.3. The average Bonchev–Trinajstić information content (AvgIpc) is 2.53. The van der Waals surface area contributed by atoms with Gasteiger partial charge < -0.3 is 5.73 Å². The second-order valence-corrected chi connectivity index (χ2v) is 3.77. The van der Waals surface area contributed by atoms with Crippen molar-refractivity contribution >= 4 is 0 Å². The highest BCUT2D eigenvalue weighted by atomic mass is 15.4. The zero-order valence-corrected chi connectivity index (χ0v) is 9.14. The minimum atomic E-state index is 0.523. The molecule has 1 aromatic rings. The van der Waals surface area contributed by atoms with Crippen LogP contribution in [-0.2, 0) is 13.1 Å². The van der Waals surface area contributed by atoms with Crippen molar-refractivity contribution in [2.75, 3.05) is 13.6 Å². The van der Waals surface area contributed by atoms with E-state index in [1.807, 2.05) is 6.20 Å². The van der Waals surface area contributed by atoms with Crippen LogP contribution in [0.4, 0.5) is 0 Å². The fourth-order valence-electron chi connectivity index (χ4n) is 1.09. The molecule has 0 bridgehead atoms. The van der Waals surface area contributed by atoms with Crippen molar-refractivity contribution in [1.82, 2.24) is 19.9 Å². The molecule has 0 aliphatic carbocycles. The van der Waals surface area contributed by atoms with E-state index in [4.69, 9.17) is 5.73 Å². The number of rotatable bonds is 5. The van der Waals surface area contributed by atoms with Crippen molar-refractivity contribution in [2.24, 2.45) is 5.73 Å². The summed E-state index contributed by atoms with van der Waals surface area (Å²) < 4.78 is 1.78. The van der Waals surface area contributed by atoms with Crippen LogP contribution in [0.25, 0.3) is 0 Å². The monoisotopic (exact) mass is 197 g/mol. The molecule has 2 N–H and O–H groups in total. The maximum atomic E-state index is 5.42. The first-order chi connectivity index (χ1) is 6.63. The zero-order valence-electron chi connectivity index (χ0n) is 9.14. The summed E-state index contributed by atoms with van der Waals surface area (Å²) in [5.41, 5.74) is 6.42. The summed E-state index contributed by atoms with van der Waals surface area (Å²) >= 11 is 0. The Balaban J connectivity index is 2.50. The molecular weight excluding hydrogens is 178 g/mol. The van der Waals surface area contributed by atoms with E-state index in [2.05, 4.69) is 36.1 Å². The average molecular weight is 197 g/mol. The molecule has 0 radical (unpaired) electrons. The first-order valence-corrected chi connectivity index (χ1v) is 4.92.